The van der Waals surface area contributed by atoms with Gasteiger partial charge in [0.25, 0.3) is 10.0 Å². The minimum Gasteiger partial charge on any atom is -0.255 e. The first-order valence-corrected chi connectivity index (χ1v) is 6.93. The summed E-state index contributed by atoms with van der Waals surface area (Å²) < 4.78 is 26.1. The van der Waals surface area contributed by atoms with Gasteiger partial charge in [0.1, 0.15) is 7.85 Å². The first-order valence-electron chi connectivity index (χ1n) is 4.57. The Hall–Kier alpha value is -1.34. The molecule has 1 heterocycles. The molecular formula is C9H9BN2O2S2. The minimum absolute atomic E-state index is 0.244. The van der Waals surface area contributed by atoms with Crippen LogP contribution in [0.4, 0.5) is 5.13 Å². The van der Waals surface area contributed by atoms with E-state index in [2.05, 4.69) is 9.71 Å². The van der Waals surface area contributed by atoms with E-state index in [0.29, 0.717) is 5.13 Å². The Kier molecular flexibility index (Phi) is 2.98. The van der Waals surface area contributed by atoms with Gasteiger partial charge in [0.2, 0.25) is 0 Å². The van der Waals surface area contributed by atoms with Crippen molar-refractivity contribution in [2.45, 2.75) is 4.90 Å². The van der Waals surface area contributed by atoms with Crippen LogP contribution in [-0.4, -0.2) is 21.2 Å². The molecule has 2 rings (SSSR count). The molecule has 4 nitrogen and oxygen atoms in total. The van der Waals surface area contributed by atoms with Crippen molar-refractivity contribution in [2.75, 3.05) is 4.72 Å². The fourth-order valence-corrected chi connectivity index (χ4v) is 2.95. The molecule has 1 aromatic carbocycles. The Morgan fingerprint density at radius 1 is 1.25 bits per heavy atom. The van der Waals surface area contributed by atoms with Gasteiger partial charge in [0, 0.05) is 11.6 Å². The van der Waals surface area contributed by atoms with E-state index in [1.54, 1.807) is 35.8 Å². The van der Waals surface area contributed by atoms with Gasteiger partial charge in [-0.3, -0.25) is 4.72 Å². The van der Waals surface area contributed by atoms with Crippen molar-refractivity contribution < 1.29 is 8.42 Å². The molecule has 0 saturated heterocycles. The molecular weight excluding hydrogens is 243 g/mol. The number of rotatable bonds is 3. The average Bonchev–Trinajstić information content (AvgIpc) is 2.70. The van der Waals surface area contributed by atoms with Crippen LogP contribution in [0.15, 0.2) is 40.7 Å². The molecule has 1 aromatic heterocycles. The average molecular weight is 252 g/mol. The number of nitrogens with one attached hydrogen (secondary N) is 1. The number of hydrogen-bond acceptors (Lipinski definition) is 4. The highest BCUT2D eigenvalue weighted by molar-refractivity contribution is 7.93. The van der Waals surface area contributed by atoms with Crippen LogP contribution in [0.2, 0.25) is 0 Å². The van der Waals surface area contributed by atoms with Gasteiger partial charge < -0.3 is 0 Å². The molecule has 0 aliphatic carbocycles. The van der Waals surface area contributed by atoms with Crippen molar-refractivity contribution in [3.8, 4) is 0 Å². The molecule has 0 aliphatic rings. The normalized spacial score (nSPS) is 11.2. The van der Waals surface area contributed by atoms with E-state index in [9.17, 15) is 8.42 Å². The van der Waals surface area contributed by atoms with Gasteiger partial charge in [-0.2, -0.15) is 0 Å². The molecule has 7 heteroatoms. The minimum atomic E-state index is -3.50. The third-order valence-corrected chi connectivity index (χ3v) is 4.16. The van der Waals surface area contributed by atoms with Crippen LogP contribution >= 0.6 is 11.3 Å². The molecule has 0 unspecified atom stereocenters. The first-order chi connectivity index (χ1) is 7.58. The molecule has 0 amide bonds. The summed E-state index contributed by atoms with van der Waals surface area (Å²) in [6.07, 6.45) is 1.55. The van der Waals surface area contributed by atoms with Gasteiger partial charge in [-0.1, -0.05) is 17.6 Å². The van der Waals surface area contributed by atoms with Gasteiger partial charge in [0.05, 0.1) is 4.90 Å². The predicted octanol–water partition coefficient (Wildman–Crippen LogP) is 0.202. The summed E-state index contributed by atoms with van der Waals surface area (Å²) in [5.41, 5.74) is 1.02. The highest BCUT2D eigenvalue weighted by Gasteiger charge is 2.14. The SMILES string of the molecule is Bc1ccc(S(=O)(=O)Nc2nccs2)cc1. The van der Waals surface area contributed by atoms with E-state index in [4.69, 9.17) is 0 Å². The number of anilines is 1. The zero-order chi connectivity index (χ0) is 11.6. The quantitative estimate of drug-likeness (QED) is 0.794. The lowest BCUT2D eigenvalue weighted by atomic mass is 9.97. The number of hydrogen-bond donors (Lipinski definition) is 1. The van der Waals surface area contributed by atoms with Crippen LogP contribution in [0.5, 0.6) is 0 Å². The molecule has 0 radical (unpaired) electrons. The van der Waals surface area contributed by atoms with Gasteiger partial charge >= 0.3 is 0 Å². The number of sulfonamides is 1. The second-order valence-corrected chi connectivity index (χ2v) is 5.83. The van der Waals surface area contributed by atoms with Gasteiger partial charge in [-0.05, 0) is 12.1 Å². The number of benzene rings is 1. The number of aromatic nitrogens is 1. The molecule has 16 heavy (non-hydrogen) atoms. The zero-order valence-electron chi connectivity index (χ0n) is 8.54. The fourth-order valence-electron chi connectivity index (χ4n) is 1.17. The number of nitrogens with zero attached hydrogens (tertiary/aromatic N) is 1. The molecule has 0 fully saturated rings. The lowest BCUT2D eigenvalue weighted by Crippen LogP contribution is -2.13. The Morgan fingerprint density at radius 2 is 1.94 bits per heavy atom. The highest BCUT2D eigenvalue weighted by atomic mass is 32.2. The summed E-state index contributed by atoms with van der Waals surface area (Å²) in [5.74, 6) is 0. The topological polar surface area (TPSA) is 59.1 Å². The van der Waals surface area contributed by atoms with Crippen molar-refractivity contribution >= 4 is 39.8 Å². The maximum Gasteiger partial charge on any atom is 0.263 e. The van der Waals surface area contributed by atoms with Crippen LogP contribution in [0.3, 0.4) is 0 Å². The van der Waals surface area contributed by atoms with Gasteiger partial charge in [-0.25, -0.2) is 13.4 Å². The van der Waals surface area contributed by atoms with Crippen LogP contribution in [0, 0.1) is 0 Å². The molecule has 0 spiro atoms. The van der Waals surface area contributed by atoms with Crippen molar-refractivity contribution in [3.05, 3.63) is 35.8 Å². The third kappa shape index (κ3) is 2.42. The van der Waals surface area contributed by atoms with Crippen molar-refractivity contribution in [2.24, 2.45) is 0 Å². The zero-order valence-corrected chi connectivity index (χ0v) is 10.2. The van der Waals surface area contributed by atoms with E-state index in [1.165, 1.54) is 11.3 Å². The van der Waals surface area contributed by atoms with Crippen molar-refractivity contribution in [1.29, 1.82) is 0 Å². The lowest BCUT2D eigenvalue weighted by Gasteiger charge is -2.04. The Morgan fingerprint density at radius 3 is 2.50 bits per heavy atom. The first kappa shape index (κ1) is 11.2. The number of thiazole rings is 1. The van der Waals surface area contributed by atoms with Crippen LogP contribution in [0.1, 0.15) is 0 Å². The van der Waals surface area contributed by atoms with Crippen molar-refractivity contribution in [3.63, 3.8) is 0 Å². The maximum absolute atomic E-state index is 11.9. The summed E-state index contributed by atoms with van der Waals surface area (Å²) in [6.45, 7) is 0. The second kappa shape index (κ2) is 4.27. The summed E-state index contributed by atoms with van der Waals surface area (Å²) in [6, 6.07) is 6.67. The van der Waals surface area contributed by atoms with E-state index in [1.807, 2.05) is 7.85 Å². The van der Waals surface area contributed by atoms with E-state index in [-0.39, 0.29) is 4.90 Å². The highest BCUT2D eigenvalue weighted by Crippen LogP contribution is 2.16. The molecule has 0 atom stereocenters. The van der Waals surface area contributed by atoms with Crippen LogP contribution in [-0.2, 0) is 10.0 Å². The fraction of sp³-hybridized carbons (Fsp3) is 0. The summed E-state index contributed by atoms with van der Waals surface area (Å²) in [7, 11) is -1.59. The largest absolute Gasteiger partial charge is 0.263 e. The maximum atomic E-state index is 11.9. The summed E-state index contributed by atoms with van der Waals surface area (Å²) >= 11 is 1.25. The van der Waals surface area contributed by atoms with Gasteiger partial charge in [-0.15, -0.1) is 11.3 Å². The molecule has 0 saturated carbocycles. The van der Waals surface area contributed by atoms with Crippen molar-refractivity contribution in [1.82, 2.24) is 4.98 Å². The Labute approximate surface area is 98.8 Å². The predicted molar refractivity (Wildman–Crippen MR) is 67.5 cm³/mol. The van der Waals surface area contributed by atoms with Crippen LogP contribution < -0.4 is 10.2 Å². The smallest absolute Gasteiger partial charge is 0.255 e. The standard InChI is InChI=1S/C9H9BN2O2S2/c10-7-1-3-8(4-2-7)16(13,14)12-9-11-5-6-15-9/h1-6H,10H2,(H,11,12). The summed E-state index contributed by atoms with van der Waals surface area (Å²) in [4.78, 5) is 4.12. The van der Waals surface area contributed by atoms with E-state index in [0.717, 1.165) is 5.46 Å². The molecule has 0 bridgehead atoms. The molecule has 82 valence electrons. The van der Waals surface area contributed by atoms with Gasteiger partial charge in [0.15, 0.2) is 5.13 Å². The molecule has 1 N–H and O–H groups in total. The monoisotopic (exact) mass is 252 g/mol. The Balaban J connectivity index is 2.29. The molecule has 2 aromatic rings. The Bertz CT molecular complexity index is 564. The third-order valence-electron chi connectivity index (χ3n) is 1.99. The lowest BCUT2D eigenvalue weighted by molar-refractivity contribution is 0.601. The van der Waals surface area contributed by atoms with E-state index < -0.39 is 10.0 Å². The molecule has 0 aliphatic heterocycles. The van der Waals surface area contributed by atoms with Crippen LogP contribution in [0.25, 0.3) is 0 Å². The summed E-state index contributed by atoms with van der Waals surface area (Å²) in [5, 5.41) is 2.09. The van der Waals surface area contributed by atoms with E-state index >= 15 is 0 Å². The second-order valence-electron chi connectivity index (χ2n) is 3.26.